The predicted molar refractivity (Wildman–Crippen MR) is 56.5 cm³/mol. The lowest BCUT2D eigenvalue weighted by molar-refractivity contribution is 0.0936. The topological polar surface area (TPSA) is 70.2 Å². The Morgan fingerprint density at radius 3 is 2.47 bits per heavy atom. The van der Waals surface area contributed by atoms with Crippen molar-refractivity contribution in [1.82, 2.24) is 16.2 Å². The second kappa shape index (κ2) is 5.21. The molecule has 3 N–H and O–H groups in total. The molecular formula is C9H10ClN3O2. The lowest BCUT2D eigenvalue weighted by Gasteiger charge is -2.07. The molecule has 0 aliphatic rings. The van der Waals surface area contributed by atoms with Crippen LogP contribution in [0, 0.1) is 0 Å². The number of hydrogen-bond donors (Lipinski definition) is 3. The van der Waals surface area contributed by atoms with Crippen LogP contribution in [0.25, 0.3) is 0 Å². The van der Waals surface area contributed by atoms with Gasteiger partial charge in [-0.1, -0.05) is 23.7 Å². The van der Waals surface area contributed by atoms with Crippen LogP contribution in [0.5, 0.6) is 0 Å². The molecule has 0 radical (unpaired) electrons. The molecule has 0 spiro atoms. The Morgan fingerprint density at radius 1 is 1.20 bits per heavy atom. The van der Waals surface area contributed by atoms with E-state index in [4.69, 9.17) is 11.6 Å². The van der Waals surface area contributed by atoms with Crippen LogP contribution >= 0.6 is 11.6 Å². The fraction of sp³-hybridized carbons (Fsp3) is 0.111. The van der Waals surface area contributed by atoms with Crippen molar-refractivity contribution in [2.75, 3.05) is 7.05 Å². The van der Waals surface area contributed by atoms with Gasteiger partial charge in [0.25, 0.3) is 5.91 Å². The van der Waals surface area contributed by atoms with Crippen molar-refractivity contribution in [2.45, 2.75) is 0 Å². The molecule has 0 aromatic heterocycles. The number of rotatable bonds is 1. The van der Waals surface area contributed by atoms with Gasteiger partial charge in [-0.05, 0) is 12.1 Å². The quantitative estimate of drug-likeness (QED) is 0.625. The number of nitrogens with one attached hydrogen (secondary N) is 3. The van der Waals surface area contributed by atoms with Gasteiger partial charge < -0.3 is 5.32 Å². The zero-order chi connectivity index (χ0) is 11.3. The van der Waals surface area contributed by atoms with Crippen molar-refractivity contribution in [3.63, 3.8) is 0 Å². The van der Waals surface area contributed by atoms with E-state index >= 15 is 0 Å². The van der Waals surface area contributed by atoms with Gasteiger partial charge in [0.1, 0.15) is 0 Å². The third-order valence-electron chi connectivity index (χ3n) is 1.64. The van der Waals surface area contributed by atoms with E-state index in [0.717, 1.165) is 0 Å². The summed E-state index contributed by atoms with van der Waals surface area (Å²) in [4.78, 5) is 22.2. The standard InChI is InChI=1S/C9H10ClN3O2/c1-11-9(15)13-12-8(14)6-4-2-3-5-7(6)10/h2-5H,1H3,(H,12,14)(H2,11,13,15). The first-order chi connectivity index (χ1) is 7.15. The first kappa shape index (κ1) is 11.3. The second-order valence-corrected chi connectivity index (χ2v) is 3.05. The van der Waals surface area contributed by atoms with Crippen molar-refractivity contribution >= 4 is 23.5 Å². The summed E-state index contributed by atoms with van der Waals surface area (Å²) < 4.78 is 0. The highest BCUT2D eigenvalue weighted by molar-refractivity contribution is 6.33. The minimum absolute atomic E-state index is 0.301. The molecule has 0 heterocycles. The van der Waals surface area contributed by atoms with E-state index in [9.17, 15) is 9.59 Å². The maximum atomic E-state index is 11.4. The van der Waals surface area contributed by atoms with Crippen molar-refractivity contribution < 1.29 is 9.59 Å². The average Bonchev–Trinajstić information content (AvgIpc) is 2.26. The molecule has 1 aromatic rings. The number of benzene rings is 1. The molecule has 15 heavy (non-hydrogen) atoms. The summed E-state index contributed by atoms with van der Waals surface area (Å²) >= 11 is 5.78. The summed E-state index contributed by atoms with van der Waals surface area (Å²) in [6.07, 6.45) is 0. The van der Waals surface area contributed by atoms with E-state index in [2.05, 4.69) is 16.2 Å². The van der Waals surface area contributed by atoms with Crippen molar-refractivity contribution in [3.05, 3.63) is 34.9 Å². The van der Waals surface area contributed by atoms with E-state index < -0.39 is 11.9 Å². The highest BCUT2D eigenvalue weighted by Crippen LogP contribution is 2.13. The molecule has 0 bridgehead atoms. The molecule has 1 rings (SSSR count). The van der Waals surface area contributed by atoms with Crippen molar-refractivity contribution in [2.24, 2.45) is 0 Å². The average molecular weight is 228 g/mol. The van der Waals surface area contributed by atoms with E-state index in [-0.39, 0.29) is 0 Å². The highest BCUT2D eigenvalue weighted by atomic mass is 35.5. The lowest BCUT2D eigenvalue weighted by atomic mass is 10.2. The molecule has 0 unspecified atom stereocenters. The molecule has 0 saturated heterocycles. The summed E-state index contributed by atoms with van der Waals surface area (Å²) in [6, 6.07) is 6.04. The maximum absolute atomic E-state index is 11.4. The number of hydrazine groups is 1. The number of carbonyl (C=O) groups excluding carboxylic acids is 2. The summed E-state index contributed by atoms with van der Waals surface area (Å²) in [5, 5.41) is 2.62. The van der Waals surface area contributed by atoms with Crippen LogP contribution < -0.4 is 16.2 Å². The fourth-order valence-electron chi connectivity index (χ4n) is 0.889. The van der Waals surface area contributed by atoms with Gasteiger partial charge in [-0.3, -0.25) is 10.2 Å². The Labute approximate surface area is 91.8 Å². The predicted octanol–water partition coefficient (Wildman–Crippen LogP) is 0.914. The number of hydrogen-bond acceptors (Lipinski definition) is 2. The van der Waals surface area contributed by atoms with Gasteiger partial charge in [0, 0.05) is 7.05 Å². The molecule has 0 aliphatic carbocycles. The number of urea groups is 1. The molecule has 0 saturated carbocycles. The van der Waals surface area contributed by atoms with Crippen LogP contribution in [0.3, 0.4) is 0 Å². The molecular weight excluding hydrogens is 218 g/mol. The lowest BCUT2D eigenvalue weighted by Crippen LogP contribution is -2.45. The molecule has 0 atom stereocenters. The zero-order valence-corrected chi connectivity index (χ0v) is 8.76. The van der Waals surface area contributed by atoms with Gasteiger partial charge in [0.15, 0.2) is 0 Å². The smallest absolute Gasteiger partial charge is 0.333 e. The van der Waals surface area contributed by atoms with Gasteiger partial charge in [0.05, 0.1) is 10.6 Å². The number of amides is 3. The Hall–Kier alpha value is -1.75. The SMILES string of the molecule is CNC(=O)NNC(=O)c1ccccc1Cl. The minimum Gasteiger partial charge on any atom is -0.340 e. The van der Waals surface area contributed by atoms with E-state index in [1.54, 1.807) is 24.3 Å². The van der Waals surface area contributed by atoms with E-state index in [1.807, 2.05) is 0 Å². The summed E-state index contributed by atoms with van der Waals surface area (Å²) in [5.74, 6) is -0.468. The van der Waals surface area contributed by atoms with Gasteiger partial charge in [0.2, 0.25) is 0 Å². The number of carbonyl (C=O) groups is 2. The van der Waals surface area contributed by atoms with Crippen LogP contribution in [-0.4, -0.2) is 19.0 Å². The fourth-order valence-corrected chi connectivity index (χ4v) is 1.11. The molecule has 80 valence electrons. The monoisotopic (exact) mass is 227 g/mol. The normalized spacial score (nSPS) is 9.20. The van der Waals surface area contributed by atoms with Gasteiger partial charge >= 0.3 is 6.03 Å². The second-order valence-electron chi connectivity index (χ2n) is 2.64. The van der Waals surface area contributed by atoms with Crippen LogP contribution in [0.1, 0.15) is 10.4 Å². The molecule has 3 amide bonds. The molecule has 0 fully saturated rings. The molecule has 1 aromatic carbocycles. The largest absolute Gasteiger partial charge is 0.340 e. The van der Waals surface area contributed by atoms with Crippen LogP contribution in [0.4, 0.5) is 4.79 Å². The molecule has 0 aliphatic heterocycles. The Morgan fingerprint density at radius 2 is 1.87 bits per heavy atom. The Balaban J connectivity index is 2.62. The van der Waals surface area contributed by atoms with Gasteiger partial charge in [-0.15, -0.1) is 0 Å². The highest BCUT2D eigenvalue weighted by Gasteiger charge is 2.09. The van der Waals surface area contributed by atoms with Crippen LogP contribution in [-0.2, 0) is 0 Å². The van der Waals surface area contributed by atoms with Gasteiger partial charge in [-0.2, -0.15) is 0 Å². The van der Waals surface area contributed by atoms with Crippen molar-refractivity contribution in [3.8, 4) is 0 Å². The minimum atomic E-state index is -0.504. The van der Waals surface area contributed by atoms with Crippen molar-refractivity contribution in [1.29, 1.82) is 0 Å². The van der Waals surface area contributed by atoms with Gasteiger partial charge in [-0.25, -0.2) is 10.2 Å². The van der Waals surface area contributed by atoms with Crippen LogP contribution in [0.15, 0.2) is 24.3 Å². The summed E-state index contributed by atoms with van der Waals surface area (Å²) in [6.45, 7) is 0. The van der Waals surface area contributed by atoms with Crippen LogP contribution in [0.2, 0.25) is 5.02 Å². The van der Waals surface area contributed by atoms with E-state index in [0.29, 0.717) is 10.6 Å². The molecule has 6 heteroatoms. The Bertz CT molecular complexity index is 381. The van der Waals surface area contributed by atoms with E-state index in [1.165, 1.54) is 7.05 Å². The maximum Gasteiger partial charge on any atom is 0.333 e. The third-order valence-corrected chi connectivity index (χ3v) is 1.96. The molecule has 5 nitrogen and oxygen atoms in total. The Kier molecular flexibility index (Phi) is 3.93. The first-order valence-corrected chi connectivity index (χ1v) is 4.55. The summed E-state index contributed by atoms with van der Waals surface area (Å²) in [5.41, 5.74) is 4.66. The first-order valence-electron chi connectivity index (χ1n) is 4.17. The number of halogens is 1. The third kappa shape index (κ3) is 3.14. The zero-order valence-electron chi connectivity index (χ0n) is 8.00. The summed E-state index contributed by atoms with van der Waals surface area (Å²) in [7, 11) is 1.44.